The fraction of sp³-hybridized carbons (Fsp3) is 0.370. The van der Waals surface area contributed by atoms with Crippen LogP contribution < -0.4 is 26.6 Å². The molecule has 10 nitrogen and oxygen atoms in total. The fourth-order valence-corrected chi connectivity index (χ4v) is 3.80. The number of carbonyl (C=O) groups is 2. The molecule has 0 atom stereocenters. The Morgan fingerprint density at radius 3 is 2.73 bits per heavy atom. The molecule has 0 unspecified atom stereocenters. The summed E-state index contributed by atoms with van der Waals surface area (Å²) >= 11 is 1.23. The number of anilines is 1. The number of rotatable bonds is 13. The number of amidine groups is 1. The maximum absolute atomic E-state index is 12.9. The van der Waals surface area contributed by atoms with Crippen molar-refractivity contribution < 1.29 is 22.8 Å². The fourth-order valence-electron chi connectivity index (χ4n) is 3.17. The average molecular weight is 593 g/mol. The summed E-state index contributed by atoms with van der Waals surface area (Å²) in [5.74, 6) is 0.486. The molecule has 1 heterocycles. The van der Waals surface area contributed by atoms with Crippen molar-refractivity contribution in [2.24, 2.45) is 15.0 Å². The molecule has 5 N–H and O–H groups in total. The lowest BCUT2D eigenvalue weighted by atomic mass is 10.2. The van der Waals surface area contributed by atoms with Crippen LogP contribution in [-0.4, -0.2) is 61.2 Å². The van der Waals surface area contributed by atoms with Crippen molar-refractivity contribution in [2.45, 2.75) is 32.4 Å². The van der Waals surface area contributed by atoms with Crippen molar-refractivity contribution in [1.29, 1.82) is 0 Å². The van der Waals surface area contributed by atoms with Crippen LogP contribution in [0.3, 0.4) is 0 Å². The number of nitrogens with one attached hydrogen (secondary N) is 5. The van der Waals surface area contributed by atoms with Crippen molar-refractivity contribution in [2.75, 3.05) is 37.4 Å². The van der Waals surface area contributed by atoms with E-state index in [4.69, 9.17) is 0 Å². The molecule has 1 aromatic rings. The van der Waals surface area contributed by atoms with E-state index in [2.05, 4.69) is 55.1 Å². The number of alkyl halides is 3. The van der Waals surface area contributed by atoms with Gasteiger partial charge in [0, 0.05) is 24.1 Å². The summed E-state index contributed by atoms with van der Waals surface area (Å²) < 4.78 is 38.7. The van der Waals surface area contributed by atoms with Gasteiger partial charge >= 0.3 is 12.2 Å². The molecule has 0 aromatic heterocycles. The van der Waals surface area contributed by atoms with Crippen LogP contribution >= 0.6 is 11.8 Å². The molecule has 1 aromatic carbocycles. The van der Waals surface area contributed by atoms with Gasteiger partial charge in [-0.2, -0.15) is 13.2 Å². The van der Waals surface area contributed by atoms with E-state index < -0.39 is 17.8 Å². The molecule has 1 aliphatic rings. The number of halogens is 3. The maximum Gasteiger partial charge on any atom is 0.416 e. The van der Waals surface area contributed by atoms with Crippen molar-refractivity contribution in [3.8, 4) is 0 Å². The van der Waals surface area contributed by atoms with E-state index in [9.17, 15) is 22.8 Å². The number of hydrogen-bond acceptors (Lipinski definition) is 8. The van der Waals surface area contributed by atoms with Crippen LogP contribution in [0, 0.1) is 0 Å². The van der Waals surface area contributed by atoms with Gasteiger partial charge in [-0.1, -0.05) is 31.3 Å². The largest absolute Gasteiger partial charge is 0.416 e. The van der Waals surface area contributed by atoms with Crippen LogP contribution in [0.15, 0.2) is 75.9 Å². The van der Waals surface area contributed by atoms with Gasteiger partial charge in [-0.15, -0.1) is 0 Å². The SMILES string of the molecule is C=C/C(=C\C=C\NC1=NC=NCSC(C(=O)NCCCCNCCC)=NC1)NC(=O)Nc1cccc(C(F)(F)F)c1. The number of nitrogens with zero attached hydrogens (tertiary/aromatic N) is 3. The van der Waals surface area contributed by atoms with Crippen LogP contribution in [0.25, 0.3) is 0 Å². The predicted molar refractivity (Wildman–Crippen MR) is 160 cm³/mol. The summed E-state index contributed by atoms with van der Waals surface area (Å²) in [6.07, 6.45) is 5.77. The summed E-state index contributed by atoms with van der Waals surface area (Å²) in [5.41, 5.74) is -0.590. The Balaban J connectivity index is 1.87. The van der Waals surface area contributed by atoms with Crippen molar-refractivity contribution in [3.63, 3.8) is 0 Å². The first kappa shape index (κ1) is 33.3. The predicted octanol–water partition coefficient (Wildman–Crippen LogP) is 4.43. The van der Waals surface area contributed by atoms with Crippen LogP contribution in [0.5, 0.6) is 0 Å². The Labute approximate surface area is 241 Å². The molecule has 14 heteroatoms. The number of urea groups is 1. The number of allylic oxidation sites excluding steroid dienone is 3. The lowest BCUT2D eigenvalue weighted by Gasteiger charge is -2.11. The van der Waals surface area contributed by atoms with E-state index >= 15 is 0 Å². The van der Waals surface area contributed by atoms with Gasteiger partial charge in [-0.25, -0.2) is 9.79 Å². The van der Waals surface area contributed by atoms with Crippen LogP contribution in [0.2, 0.25) is 0 Å². The summed E-state index contributed by atoms with van der Waals surface area (Å²) in [5, 5.41) is 14.3. The first-order valence-corrected chi connectivity index (χ1v) is 13.9. The Hall–Kier alpha value is -3.91. The molecular formula is C27H35F3N8O2S. The van der Waals surface area contributed by atoms with Crippen LogP contribution in [0.4, 0.5) is 23.7 Å². The van der Waals surface area contributed by atoms with E-state index in [1.807, 2.05) is 0 Å². The van der Waals surface area contributed by atoms with Gasteiger partial charge in [0.15, 0.2) is 5.04 Å². The molecule has 1 aliphatic heterocycles. The zero-order valence-corrected chi connectivity index (χ0v) is 23.6. The molecule has 0 fully saturated rings. The van der Waals surface area contributed by atoms with E-state index in [1.165, 1.54) is 48.6 Å². The molecule has 0 saturated heterocycles. The van der Waals surface area contributed by atoms with Crippen LogP contribution in [-0.2, 0) is 11.0 Å². The Bertz CT molecular complexity index is 1180. The summed E-state index contributed by atoms with van der Waals surface area (Å²) in [7, 11) is 0. The highest BCUT2D eigenvalue weighted by Gasteiger charge is 2.30. The van der Waals surface area contributed by atoms with Gasteiger partial charge in [0.2, 0.25) is 0 Å². The zero-order valence-electron chi connectivity index (χ0n) is 22.8. The minimum absolute atomic E-state index is 0.00991. The third-order valence-electron chi connectivity index (χ3n) is 5.18. The smallest absolute Gasteiger partial charge is 0.350 e. The number of hydrogen-bond donors (Lipinski definition) is 5. The number of amides is 3. The van der Waals surface area contributed by atoms with Gasteiger partial charge in [-0.3, -0.25) is 14.8 Å². The summed E-state index contributed by atoms with van der Waals surface area (Å²) in [6, 6.07) is 3.57. The molecular weight excluding hydrogens is 557 g/mol. The quantitative estimate of drug-likeness (QED) is 0.171. The Kier molecular flexibility index (Phi) is 15.0. The van der Waals surface area contributed by atoms with Gasteiger partial charge in [0.05, 0.1) is 18.0 Å². The first-order valence-electron chi connectivity index (χ1n) is 12.9. The molecule has 0 bridgehead atoms. The number of unbranched alkanes of at least 4 members (excludes halogenated alkanes) is 1. The second-order valence-corrected chi connectivity index (χ2v) is 9.40. The van der Waals surface area contributed by atoms with Gasteiger partial charge < -0.3 is 26.6 Å². The van der Waals surface area contributed by atoms with Crippen molar-refractivity contribution in [3.05, 3.63) is 66.5 Å². The van der Waals surface area contributed by atoms with Crippen molar-refractivity contribution in [1.82, 2.24) is 21.3 Å². The second-order valence-electron chi connectivity index (χ2n) is 8.47. The molecule has 0 spiro atoms. The average Bonchev–Trinajstić information content (AvgIpc) is 3.06. The van der Waals surface area contributed by atoms with Gasteiger partial charge in [-0.05, 0) is 68.8 Å². The third-order valence-corrected chi connectivity index (χ3v) is 6.04. The van der Waals surface area contributed by atoms with Gasteiger partial charge in [0.25, 0.3) is 5.91 Å². The van der Waals surface area contributed by atoms with E-state index in [0.29, 0.717) is 29.0 Å². The topological polar surface area (TPSA) is 131 Å². The lowest BCUT2D eigenvalue weighted by molar-refractivity contribution is -0.137. The standard InChI is InChI=1S/C27H35F3N8O2S/c1-3-12-31-13-5-6-14-34-24(39)25-35-17-23(36-18-32-19-41-25)33-15-8-11-21(4-2)37-26(40)38-22-10-7-9-20(16-22)27(28,29)30/h4,7-11,15-16,18,31H,2-3,5-6,12-14,17,19H2,1H3,(H,34,39)(H,32,33,36)(H2,37,38,40)/b15-8+,21-11+,35-25?. The maximum atomic E-state index is 12.9. The minimum atomic E-state index is -4.52. The molecule has 0 radical (unpaired) electrons. The summed E-state index contributed by atoms with van der Waals surface area (Å²) in [4.78, 5) is 37.5. The highest BCUT2D eigenvalue weighted by molar-refractivity contribution is 8.15. The molecule has 41 heavy (non-hydrogen) atoms. The number of aliphatic imine (C=N–C) groups is 3. The third kappa shape index (κ3) is 13.8. The molecule has 0 aliphatic carbocycles. The first-order chi connectivity index (χ1) is 19.7. The number of carbonyl (C=O) groups excluding carboxylic acids is 2. The molecule has 2 rings (SSSR count). The monoisotopic (exact) mass is 592 g/mol. The Morgan fingerprint density at radius 1 is 1.17 bits per heavy atom. The molecule has 222 valence electrons. The van der Waals surface area contributed by atoms with Crippen LogP contribution in [0.1, 0.15) is 31.7 Å². The number of benzene rings is 1. The zero-order chi connectivity index (χ0) is 29.9. The number of thioether (sulfide) groups is 1. The highest BCUT2D eigenvalue weighted by Crippen LogP contribution is 2.30. The van der Waals surface area contributed by atoms with Crippen molar-refractivity contribution >= 4 is 46.6 Å². The van der Waals surface area contributed by atoms with Gasteiger partial charge in [0.1, 0.15) is 12.2 Å². The normalized spacial score (nSPS) is 14.3. The highest BCUT2D eigenvalue weighted by atomic mass is 32.2. The molecule has 3 amide bonds. The van der Waals surface area contributed by atoms with E-state index in [1.54, 1.807) is 6.08 Å². The molecule has 0 saturated carbocycles. The second kappa shape index (κ2) is 18.4. The lowest BCUT2D eigenvalue weighted by Crippen LogP contribution is -2.31. The summed E-state index contributed by atoms with van der Waals surface area (Å²) in [6.45, 7) is 8.31. The van der Waals surface area contributed by atoms with E-state index in [-0.39, 0.29) is 18.1 Å². The minimum Gasteiger partial charge on any atom is -0.350 e. The Morgan fingerprint density at radius 2 is 1.98 bits per heavy atom. The van der Waals surface area contributed by atoms with E-state index in [0.717, 1.165) is 44.5 Å².